The molecule has 1 aliphatic heterocycles. The highest BCUT2D eigenvalue weighted by atomic mass is 19.1. The Hall–Kier alpha value is -5.57. The van der Waals surface area contributed by atoms with Crippen molar-refractivity contribution < 1.29 is 38.1 Å². The van der Waals surface area contributed by atoms with Crippen LogP contribution in [0.5, 0.6) is 17.2 Å². The van der Waals surface area contributed by atoms with E-state index in [1.54, 1.807) is 33.3 Å². The molecule has 242 valence electrons. The van der Waals surface area contributed by atoms with E-state index in [1.165, 1.54) is 29.2 Å². The monoisotopic (exact) mass is 645 g/mol. The lowest BCUT2D eigenvalue weighted by Crippen LogP contribution is -2.39. The zero-order valence-electron chi connectivity index (χ0n) is 26.5. The summed E-state index contributed by atoms with van der Waals surface area (Å²) in [5, 5.41) is 9.87. The lowest BCUT2D eigenvalue weighted by atomic mass is 9.59. The third-order valence-corrected chi connectivity index (χ3v) is 9.91. The minimum absolute atomic E-state index is 0.123. The molecule has 3 aliphatic carbocycles. The van der Waals surface area contributed by atoms with Crippen molar-refractivity contribution in [3.05, 3.63) is 118 Å². The first-order valence-electron chi connectivity index (χ1n) is 15.7. The number of benzene rings is 3. The highest BCUT2D eigenvalue weighted by Crippen LogP contribution is 2.55. The van der Waals surface area contributed by atoms with Crippen LogP contribution in [0.1, 0.15) is 42.4 Å². The number of hydrogen-bond donors (Lipinski definition) is 1. The topological polar surface area (TPSA) is 110 Å². The molecule has 4 unspecified atom stereocenters. The van der Waals surface area contributed by atoms with E-state index in [1.807, 2.05) is 48.6 Å². The van der Waals surface area contributed by atoms with E-state index in [4.69, 9.17) is 9.47 Å². The molecule has 0 aromatic heterocycles. The second-order valence-electron chi connectivity index (χ2n) is 12.5. The van der Waals surface area contributed by atoms with Crippen LogP contribution in [0, 0.1) is 23.6 Å². The Morgan fingerprint density at radius 3 is 2.38 bits per heavy atom. The van der Waals surface area contributed by atoms with Gasteiger partial charge in [0.1, 0.15) is 11.5 Å². The molecule has 1 heterocycles. The summed E-state index contributed by atoms with van der Waals surface area (Å²) in [5.41, 5.74) is 4.05. The lowest BCUT2D eigenvalue weighted by molar-refractivity contribution is -0.123. The van der Waals surface area contributed by atoms with Crippen molar-refractivity contribution in [3.8, 4) is 17.2 Å². The van der Waals surface area contributed by atoms with Crippen LogP contribution in [0.2, 0.25) is 0 Å². The number of halogens is 1. The molecule has 9 heteroatoms. The normalized spacial score (nSPS) is 23.5. The van der Waals surface area contributed by atoms with Gasteiger partial charge in [-0.15, -0.1) is 0 Å². The quantitative estimate of drug-likeness (QED) is 0.144. The molecule has 2 amide bonds. The summed E-state index contributed by atoms with van der Waals surface area (Å²) in [7, 11) is 3.18. The number of carbonyl (C=O) groups excluding carboxylic acids is 4. The summed E-state index contributed by atoms with van der Waals surface area (Å²) in [6.07, 6.45) is 7.35. The third-order valence-electron chi connectivity index (χ3n) is 9.91. The first-order valence-corrected chi connectivity index (χ1v) is 15.7. The number of fused-ring (bicyclic) bond motifs is 3. The fourth-order valence-corrected chi connectivity index (χ4v) is 7.59. The van der Waals surface area contributed by atoms with Crippen molar-refractivity contribution in [2.45, 2.75) is 25.7 Å². The van der Waals surface area contributed by atoms with E-state index in [2.05, 4.69) is 0 Å². The van der Waals surface area contributed by atoms with Gasteiger partial charge >= 0.3 is 0 Å². The molecular formula is C39H32FNO7. The fraction of sp³-hybridized carbons (Fsp3) is 0.231. The van der Waals surface area contributed by atoms with Crippen molar-refractivity contribution >= 4 is 41.2 Å². The molecule has 0 saturated carbocycles. The summed E-state index contributed by atoms with van der Waals surface area (Å²) in [5.74, 6) is -4.07. The number of methoxy groups -OCH3 is 2. The molecule has 7 rings (SSSR count). The molecule has 0 bridgehead atoms. The minimum atomic E-state index is -0.855. The molecule has 1 saturated heterocycles. The van der Waals surface area contributed by atoms with Gasteiger partial charge in [-0.1, -0.05) is 42.0 Å². The first kappa shape index (κ1) is 31.1. The van der Waals surface area contributed by atoms with Crippen LogP contribution >= 0.6 is 0 Å². The van der Waals surface area contributed by atoms with Gasteiger partial charge in [-0.25, -0.2) is 4.39 Å². The largest absolute Gasteiger partial charge is 0.505 e. The number of ketones is 2. The molecule has 3 aromatic carbocycles. The molecule has 1 fully saturated rings. The Bertz CT molecular complexity index is 2040. The van der Waals surface area contributed by atoms with Gasteiger partial charge in [-0.3, -0.25) is 24.1 Å². The van der Waals surface area contributed by atoms with Gasteiger partial charge < -0.3 is 14.6 Å². The number of amides is 2. The van der Waals surface area contributed by atoms with Crippen LogP contribution in [0.25, 0.3) is 12.2 Å². The number of ether oxygens (including phenoxy) is 2. The van der Waals surface area contributed by atoms with E-state index in [9.17, 15) is 28.7 Å². The summed E-state index contributed by atoms with van der Waals surface area (Å²) in [6.45, 7) is 1.57. The molecular weight excluding hydrogens is 613 g/mol. The maximum atomic E-state index is 14.7. The van der Waals surface area contributed by atoms with Gasteiger partial charge in [-0.05, 0) is 85.4 Å². The van der Waals surface area contributed by atoms with Crippen LogP contribution in [-0.4, -0.2) is 42.7 Å². The van der Waals surface area contributed by atoms with Crippen LogP contribution in [0.15, 0.2) is 95.1 Å². The molecule has 4 aliphatic rings. The van der Waals surface area contributed by atoms with Gasteiger partial charge in [0, 0.05) is 28.2 Å². The number of hydrogen-bond acceptors (Lipinski definition) is 7. The summed E-state index contributed by atoms with van der Waals surface area (Å²) < 4.78 is 25.4. The number of phenols is 1. The fourth-order valence-electron chi connectivity index (χ4n) is 7.59. The molecule has 4 atom stereocenters. The Labute approximate surface area is 276 Å². The van der Waals surface area contributed by atoms with Crippen molar-refractivity contribution in [1.82, 2.24) is 0 Å². The summed E-state index contributed by atoms with van der Waals surface area (Å²) in [6, 6.07) is 16.5. The molecule has 0 spiro atoms. The number of nitrogens with zero attached hydrogens (tertiary/aromatic N) is 1. The lowest BCUT2D eigenvalue weighted by Gasteiger charge is -2.42. The van der Waals surface area contributed by atoms with E-state index in [0.717, 1.165) is 11.1 Å². The van der Waals surface area contributed by atoms with Gasteiger partial charge in [-0.2, -0.15) is 0 Å². The van der Waals surface area contributed by atoms with Crippen molar-refractivity contribution in [2.75, 3.05) is 19.1 Å². The molecule has 48 heavy (non-hydrogen) atoms. The smallest absolute Gasteiger partial charge is 0.238 e. The van der Waals surface area contributed by atoms with Gasteiger partial charge in [0.25, 0.3) is 0 Å². The Kier molecular flexibility index (Phi) is 7.70. The zero-order valence-corrected chi connectivity index (χ0v) is 26.5. The van der Waals surface area contributed by atoms with Gasteiger partial charge in [0.15, 0.2) is 23.1 Å². The number of rotatable bonds is 6. The molecule has 1 N–H and O–H groups in total. The number of phenolic OH excluding ortho intramolecular Hbond substituents is 1. The number of anilines is 1. The van der Waals surface area contributed by atoms with E-state index >= 15 is 0 Å². The summed E-state index contributed by atoms with van der Waals surface area (Å²) in [4.78, 5) is 56.1. The third kappa shape index (κ3) is 4.97. The highest BCUT2D eigenvalue weighted by Gasteiger charge is 2.56. The second kappa shape index (κ2) is 11.9. The van der Waals surface area contributed by atoms with Crippen LogP contribution in [-0.2, 0) is 19.2 Å². The van der Waals surface area contributed by atoms with Crippen LogP contribution in [0.3, 0.4) is 0 Å². The van der Waals surface area contributed by atoms with Crippen LogP contribution in [0.4, 0.5) is 10.1 Å². The maximum absolute atomic E-state index is 14.7. The Balaban J connectivity index is 1.21. The number of Topliss-reactive ketones (excluding diaryl/α,β-unsaturated/α-hetero) is 1. The minimum Gasteiger partial charge on any atom is -0.505 e. The van der Waals surface area contributed by atoms with Crippen molar-refractivity contribution in [3.63, 3.8) is 0 Å². The van der Waals surface area contributed by atoms with E-state index in [-0.39, 0.29) is 52.9 Å². The predicted molar refractivity (Wildman–Crippen MR) is 177 cm³/mol. The number of imide groups is 1. The van der Waals surface area contributed by atoms with Crippen LogP contribution < -0.4 is 14.4 Å². The standard InChI is InChI=1S/C39H32FNO7/c1-20-16-32(43)29-19-28-26(34(36(29)37(20)44)23-8-14-31(42)30(40)18-23)12-13-27-35(28)39(46)41(38(27)45)24-9-5-21(6-10-24)4-7-22-17-25(47-2)11-15-33(22)48-3/h4-12,14-18,27-28,34-35,42H,13,19H2,1-3H3. The predicted octanol–water partition coefficient (Wildman–Crippen LogP) is 6.35. The average Bonchev–Trinajstić information content (AvgIpc) is 3.35. The average molecular weight is 646 g/mol. The molecule has 3 aromatic rings. The number of allylic oxidation sites excluding steroid dienone is 6. The van der Waals surface area contributed by atoms with Crippen molar-refractivity contribution in [2.24, 2.45) is 17.8 Å². The van der Waals surface area contributed by atoms with Gasteiger partial charge in [0.2, 0.25) is 11.8 Å². The Morgan fingerprint density at radius 2 is 1.67 bits per heavy atom. The molecule has 0 radical (unpaired) electrons. The highest BCUT2D eigenvalue weighted by molar-refractivity contribution is 6.25. The number of aromatic hydroxyl groups is 1. The number of carbonyl (C=O) groups is 4. The van der Waals surface area contributed by atoms with E-state index < -0.39 is 35.2 Å². The SMILES string of the molecule is COc1ccc(OC)c(C=Cc2ccc(N3C(=O)C4CC=C5C(c6ccc(O)c(F)c6)C6=C(CC5C4C3=O)C(=O)C=C(C)C6=O)cc2)c1. The second-order valence-corrected chi connectivity index (χ2v) is 12.5. The first-order chi connectivity index (χ1) is 23.1. The van der Waals surface area contributed by atoms with Crippen molar-refractivity contribution in [1.29, 1.82) is 0 Å². The van der Waals surface area contributed by atoms with Gasteiger partial charge in [0.05, 0.1) is 31.7 Å². The zero-order chi connectivity index (χ0) is 33.9. The maximum Gasteiger partial charge on any atom is 0.238 e. The van der Waals surface area contributed by atoms with E-state index in [0.29, 0.717) is 28.3 Å². The summed E-state index contributed by atoms with van der Waals surface area (Å²) >= 11 is 0. The Morgan fingerprint density at radius 1 is 0.896 bits per heavy atom. The molecule has 8 nitrogen and oxygen atoms in total.